The summed E-state index contributed by atoms with van der Waals surface area (Å²) in [6, 6.07) is 24.7. The standard InChI is InChI=1S/C21H19NOS/c1-16-7-11-18(12-8-16)24-19-13-9-17(10-14-19)15-22-20-5-3-4-6-21(20)23-2/h3-15H,1-2H3. The zero-order chi connectivity index (χ0) is 16.8. The Labute approximate surface area is 147 Å². The molecule has 0 radical (unpaired) electrons. The van der Waals surface area contributed by atoms with Gasteiger partial charge in [-0.3, -0.25) is 4.99 Å². The zero-order valence-electron chi connectivity index (χ0n) is 13.8. The molecule has 3 rings (SSSR count). The number of methoxy groups -OCH3 is 1. The van der Waals surface area contributed by atoms with Gasteiger partial charge in [-0.25, -0.2) is 0 Å². The number of aliphatic imine (C=N–C) groups is 1. The second-order valence-electron chi connectivity index (χ2n) is 5.41. The van der Waals surface area contributed by atoms with Crippen LogP contribution in [0.15, 0.2) is 87.6 Å². The van der Waals surface area contributed by atoms with E-state index in [0.29, 0.717) is 0 Å². The summed E-state index contributed by atoms with van der Waals surface area (Å²) in [6.45, 7) is 2.10. The Hall–Kier alpha value is -2.52. The average molecular weight is 333 g/mol. The molecular weight excluding hydrogens is 314 g/mol. The molecule has 2 nitrogen and oxygen atoms in total. The number of aryl methyl sites for hydroxylation is 1. The lowest BCUT2D eigenvalue weighted by Crippen LogP contribution is -1.84. The van der Waals surface area contributed by atoms with Gasteiger partial charge >= 0.3 is 0 Å². The van der Waals surface area contributed by atoms with Crippen LogP contribution in [0, 0.1) is 6.92 Å². The van der Waals surface area contributed by atoms with Crippen molar-refractivity contribution < 1.29 is 4.74 Å². The van der Waals surface area contributed by atoms with Gasteiger partial charge in [0.1, 0.15) is 11.4 Å². The second-order valence-corrected chi connectivity index (χ2v) is 6.56. The van der Waals surface area contributed by atoms with Crippen LogP contribution in [0.5, 0.6) is 5.75 Å². The van der Waals surface area contributed by atoms with E-state index in [1.807, 2.05) is 30.5 Å². The predicted octanol–water partition coefficient (Wildman–Crippen LogP) is 5.91. The topological polar surface area (TPSA) is 21.6 Å². The highest BCUT2D eigenvalue weighted by molar-refractivity contribution is 7.99. The minimum Gasteiger partial charge on any atom is -0.494 e. The van der Waals surface area contributed by atoms with Crippen LogP contribution < -0.4 is 4.74 Å². The molecule has 120 valence electrons. The maximum absolute atomic E-state index is 5.31. The highest BCUT2D eigenvalue weighted by Gasteiger charge is 1.99. The molecule has 0 aromatic heterocycles. The molecule has 0 amide bonds. The molecule has 0 unspecified atom stereocenters. The lowest BCUT2D eigenvalue weighted by Gasteiger charge is -2.04. The fourth-order valence-electron chi connectivity index (χ4n) is 2.24. The third-order valence-electron chi connectivity index (χ3n) is 3.57. The Kier molecular flexibility index (Phi) is 5.34. The first-order valence-electron chi connectivity index (χ1n) is 7.76. The van der Waals surface area contributed by atoms with Gasteiger partial charge in [0, 0.05) is 16.0 Å². The van der Waals surface area contributed by atoms with E-state index in [4.69, 9.17) is 4.74 Å². The summed E-state index contributed by atoms with van der Waals surface area (Å²) < 4.78 is 5.31. The van der Waals surface area contributed by atoms with E-state index < -0.39 is 0 Å². The van der Waals surface area contributed by atoms with Gasteiger partial charge in [-0.1, -0.05) is 53.7 Å². The molecule has 24 heavy (non-hydrogen) atoms. The normalized spacial score (nSPS) is 10.9. The number of para-hydroxylation sites is 2. The van der Waals surface area contributed by atoms with Crippen molar-refractivity contribution in [2.24, 2.45) is 4.99 Å². The van der Waals surface area contributed by atoms with Gasteiger partial charge in [0.15, 0.2) is 0 Å². The smallest absolute Gasteiger partial charge is 0.144 e. The molecule has 0 heterocycles. The fraction of sp³-hybridized carbons (Fsp3) is 0.0952. The van der Waals surface area contributed by atoms with Crippen LogP contribution in [0.25, 0.3) is 0 Å². The van der Waals surface area contributed by atoms with Gasteiger partial charge in [0.25, 0.3) is 0 Å². The van der Waals surface area contributed by atoms with Crippen molar-refractivity contribution in [1.29, 1.82) is 0 Å². The Bertz CT molecular complexity index is 823. The monoisotopic (exact) mass is 333 g/mol. The number of ether oxygens (including phenoxy) is 1. The Balaban J connectivity index is 1.70. The number of nitrogens with zero attached hydrogens (tertiary/aromatic N) is 1. The summed E-state index contributed by atoms with van der Waals surface area (Å²) in [6.07, 6.45) is 1.86. The van der Waals surface area contributed by atoms with Crippen molar-refractivity contribution in [1.82, 2.24) is 0 Å². The Morgan fingerprint density at radius 2 is 1.46 bits per heavy atom. The molecule has 0 bridgehead atoms. The summed E-state index contributed by atoms with van der Waals surface area (Å²) in [5, 5.41) is 0. The second kappa shape index (κ2) is 7.84. The van der Waals surface area contributed by atoms with Crippen LogP contribution in [0.2, 0.25) is 0 Å². The molecule has 3 aromatic rings. The first-order chi connectivity index (χ1) is 11.7. The van der Waals surface area contributed by atoms with Crippen LogP contribution in [-0.2, 0) is 0 Å². The fourth-order valence-corrected chi connectivity index (χ4v) is 3.06. The van der Waals surface area contributed by atoms with Crippen LogP contribution in [0.3, 0.4) is 0 Å². The third-order valence-corrected chi connectivity index (χ3v) is 4.59. The first kappa shape index (κ1) is 16.3. The lowest BCUT2D eigenvalue weighted by atomic mass is 10.2. The van der Waals surface area contributed by atoms with E-state index in [2.05, 4.69) is 60.4 Å². The van der Waals surface area contributed by atoms with Crippen LogP contribution in [0.1, 0.15) is 11.1 Å². The van der Waals surface area contributed by atoms with Gasteiger partial charge in [-0.15, -0.1) is 0 Å². The summed E-state index contributed by atoms with van der Waals surface area (Å²) in [5.41, 5.74) is 3.18. The maximum atomic E-state index is 5.31. The molecule has 0 atom stereocenters. The molecule has 0 saturated carbocycles. The summed E-state index contributed by atoms with van der Waals surface area (Å²) in [7, 11) is 1.66. The molecule has 0 fully saturated rings. The molecule has 0 aliphatic carbocycles. The molecule has 0 N–H and O–H groups in total. The Morgan fingerprint density at radius 1 is 0.833 bits per heavy atom. The number of benzene rings is 3. The van der Waals surface area contributed by atoms with Crippen molar-refractivity contribution in [3.05, 3.63) is 83.9 Å². The number of hydrogen-bond donors (Lipinski definition) is 0. The third kappa shape index (κ3) is 4.27. The Morgan fingerprint density at radius 3 is 2.12 bits per heavy atom. The van der Waals surface area contributed by atoms with Gasteiger partial charge in [-0.2, -0.15) is 0 Å². The minimum absolute atomic E-state index is 0.778. The quantitative estimate of drug-likeness (QED) is 0.542. The van der Waals surface area contributed by atoms with Gasteiger partial charge in [-0.05, 0) is 48.9 Å². The van der Waals surface area contributed by atoms with E-state index >= 15 is 0 Å². The van der Waals surface area contributed by atoms with Gasteiger partial charge in [0.05, 0.1) is 7.11 Å². The van der Waals surface area contributed by atoms with Crippen LogP contribution in [-0.4, -0.2) is 13.3 Å². The van der Waals surface area contributed by atoms with Gasteiger partial charge < -0.3 is 4.74 Å². The summed E-state index contributed by atoms with van der Waals surface area (Å²) in [5.74, 6) is 0.778. The van der Waals surface area contributed by atoms with Crippen molar-refractivity contribution >= 4 is 23.7 Å². The van der Waals surface area contributed by atoms with Crippen molar-refractivity contribution in [3.63, 3.8) is 0 Å². The van der Waals surface area contributed by atoms with E-state index in [1.54, 1.807) is 18.9 Å². The van der Waals surface area contributed by atoms with E-state index in [-0.39, 0.29) is 0 Å². The molecule has 0 aliphatic heterocycles. The van der Waals surface area contributed by atoms with Gasteiger partial charge in [0.2, 0.25) is 0 Å². The highest BCUT2D eigenvalue weighted by Crippen LogP contribution is 2.28. The highest BCUT2D eigenvalue weighted by atomic mass is 32.2. The van der Waals surface area contributed by atoms with Crippen LogP contribution in [0.4, 0.5) is 5.69 Å². The van der Waals surface area contributed by atoms with Crippen LogP contribution >= 0.6 is 11.8 Å². The summed E-state index contributed by atoms with van der Waals surface area (Å²) >= 11 is 1.76. The van der Waals surface area contributed by atoms with E-state index in [9.17, 15) is 0 Å². The zero-order valence-corrected chi connectivity index (χ0v) is 14.6. The molecule has 0 aliphatic rings. The van der Waals surface area contributed by atoms with Crippen molar-refractivity contribution in [3.8, 4) is 5.75 Å². The molecule has 3 aromatic carbocycles. The number of hydrogen-bond acceptors (Lipinski definition) is 3. The summed E-state index contributed by atoms with van der Waals surface area (Å²) in [4.78, 5) is 6.98. The molecular formula is C21H19NOS. The first-order valence-corrected chi connectivity index (χ1v) is 8.58. The number of rotatable bonds is 5. The molecule has 0 saturated heterocycles. The van der Waals surface area contributed by atoms with E-state index in [1.165, 1.54) is 15.4 Å². The maximum Gasteiger partial charge on any atom is 0.144 e. The van der Waals surface area contributed by atoms with E-state index in [0.717, 1.165) is 17.0 Å². The lowest BCUT2D eigenvalue weighted by molar-refractivity contribution is 0.416. The van der Waals surface area contributed by atoms with Crippen molar-refractivity contribution in [2.45, 2.75) is 16.7 Å². The predicted molar refractivity (Wildman–Crippen MR) is 102 cm³/mol. The van der Waals surface area contributed by atoms with Crippen molar-refractivity contribution in [2.75, 3.05) is 7.11 Å². The molecule has 0 spiro atoms. The minimum atomic E-state index is 0.778. The largest absolute Gasteiger partial charge is 0.494 e. The molecule has 3 heteroatoms. The SMILES string of the molecule is COc1ccccc1N=Cc1ccc(Sc2ccc(C)cc2)cc1. The average Bonchev–Trinajstić information content (AvgIpc) is 2.63.